The van der Waals surface area contributed by atoms with Crippen LogP contribution in [-0.2, 0) is 23.1 Å². The summed E-state index contributed by atoms with van der Waals surface area (Å²) >= 11 is 0. The lowest BCUT2D eigenvalue weighted by atomic mass is 10.2. The maximum absolute atomic E-state index is 11.3. The molecule has 0 amide bonds. The first-order valence-corrected chi connectivity index (χ1v) is 9.75. The summed E-state index contributed by atoms with van der Waals surface area (Å²) in [4.78, 5) is 4.28. The second-order valence-corrected chi connectivity index (χ2v) is 7.07. The van der Waals surface area contributed by atoms with E-state index in [2.05, 4.69) is 15.6 Å². The lowest BCUT2D eigenvalue weighted by Crippen LogP contribution is -2.36. The number of nitrogens with zero attached hydrogens (tertiary/aromatic N) is 1. The van der Waals surface area contributed by atoms with E-state index in [9.17, 15) is 8.42 Å². The number of ether oxygens (including phenoxy) is 1. The van der Waals surface area contributed by atoms with Gasteiger partial charge in [0.2, 0.25) is 10.0 Å². The Bertz CT molecular complexity index is 855. The van der Waals surface area contributed by atoms with Gasteiger partial charge in [0.25, 0.3) is 0 Å². The van der Waals surface area contributed by atoms with Gasteiger partial charge < -0.3 is 15.4 Å². The number of nitrogens with one attached hydrogen (secondary N) is 2. The zero-order chi connectivity index (χ0) is 19.0. The molecule has 27 heavy (non-hydrogen) atoms. The molecule has 148 valence electrons. The molecule has 0 heterocycles. The van der Waals surface area contributed by atoms with E-state index in [1.807, 2.05) is 31.2 Å². The molecule has 0 aromatic heterocycles. The zero-order valence-corrected chi connectivity index (χ0v) is 18.5. The molecule has 0 radical (unpaired) electrons. The monoisotopic (exact) mass is 504 g/mol. The summed E-state index contributed by atoms with van der Waals surface area (Å²) in [6.07, 6.45) is 0. The van der Waals surface area contributed by atoms with E-state index in [0.29, 0.717) is 25.7 Å². The normalized spacial score (nSPS) is 11.4. The summed E-state index contributed by atoms with van der Waals surface area (Å²) in [6.45, 7) is 3.63. The minimum atomic E-state index is -3.67. The number of aliphatic imine (C=N–C) groups is 1. The standard InChI is InChI=1S/C18H24N4O3S.HI/c1-3-25-17-7-5-4-6-15(17)13-22-18(20-2)21-12-14-8-10-16(11-9-14)26(19,23)24;/h4-11H,3,12-13H2,1-2H3,(H2,19,23,24)(H2,20,21,22);1H. The molecule has 2 rings (SSSR count). The number of rotatable bonds is 7. The summed E-state index contributed by atoms with van der Waals surface area (Å²) in [5.41, 5.74) is 1.95. The van der Waals surface area contributed by atoms with E-state index in [1.165, 1.54) is 12.1 Å². The Hall–Kier alpha value is -1.85. The molecular formula is C18H25IN4O3S. The van der Waals surface area contributed by atoms with Crippen LogP contribution < -0.4 is 20.5 Å². The van der Waals surface area contributed by atoms with Gasteiger partial charge in [-0.2, -0.15) is 0 Å². The van der Waals surface area contributed by atoms with Crippen LogP contribution >= 0.6 is 24.0 Å². The molecule has 0 unspecified atom stereocenters. The highest BCUT2D eigenvalue weighted by Crippen LogP contribution is 2.17. The molecule has 0 aliphatic heterocycles. The molecule has 9 heteroatoms. The summed E-state index contributed by atoms with van der Waals surface area (Å²) in [6, 6.07) is 14.2. The average molecular weight is 504 g/mol. The second-order valence-electron chi connectivity index (χ2n) is 5.51. The third-order valence-electron chi connectivity index (χ3n) is 3.65. The van der Waals surface area contributed by atoms with Gasteiger partial charge in [0, 0.05) is 25.7 Å². The molecule has 0 saturated carbocycles. The molecule has 7 nitrogen and oxygen atoms in total. The molecule has 0 aliphatic rings. The van der Waals surface area contributed by atoms with Crippen molar-refractivity contribution in [1.82, 2.24) is 10.6 Å². The van der Waals surface area contributed by atoms with Crippen molar-refractivity contribution < 1.29 is 13.2 Å². The molecule has 0 spiro atoms. The van der Waals surface area contributed by atoms with Crippen molar-refractivity contribution in [2.75, 3.05) is 13.7 Å². The van der Waals surface area contributed by atoms with Crippen molar-refractivity contribution in [2.24, 2.45) is 10.1 Å². The first-order valence-electron chi connectivity index (χ1n) is 8.21. The van der Waals surface area contributed by atoms with Crippen molar-refractivity contribution in [3.63, 3.8) is 0 Å². The number of nitrogens with two attached hydrogens (primary N) is 1. The highest BCUT2D eigenvalue weighted by atomic mass is 127. The number of sulfonamides is 1. The van der Waals surface area contributed by atoms with Gasteiger partial charge >= 0.3 is 0 Å². The fourth-order valence-electron chi connectivity index (χ4n) is 2.33. The third kappa shape index (κ3) is 7.35. The van der Waals surface area contributed by atoms with E-state index in [1.54, 1.807) is 19.2 Å². The number of guanidine groups is 1. The second kappa shape index (κ2) is 11.1. The molecule has 0 bridgehead atoms. The van der Waals surface area contributed by atoms with Gasteiger partial charge in [0.15, 0.2) is 5.96 Å². The fourth-order valence-corrected chi connectivity index (χ4v) is 2.84. The van der Waals surface area contributed by atoms with Crippen LogP contribution in [0.1, 0.15) is 18.1 Å². The fraction of sp³-hybridized carbons (Fsp3) is 0.278. The van der Waals surface area contributed by atoms with Gasteiger partial charge in [-0.25, -0.2) is 13.6 Å². The highest BCUT2D eigenvalue weighted by Gasteiger charge is 2.07. The minimum absolute atomic E-state index is 0. The number of benzene rings is 2. The molecule has 2 aromatic carbocycles. The summed E-state index contributed by atoms with van der Waals surface area (Å²) in [7, 11) is -1.98. The Morgan fingerprint density at radius 2 is 1.70 bits per heavy atom. The number of hydrogen-bond donors (Lipinski definition) is 3. The predicted octanol–water partition coefficient (Wildman–Crippen LogP) is 2.22. The van der Waals surface area contributed by atoms with Crippen molar-refractivity contribution in [1.29, 1.82) is 0 Å². The molecule has 0 fully saturated rings. The van der Waals surface area contributed by atoms with Crippen LogP contribution in [0.5, 0.6) is 5.75 Å². The Morgan fingerprint density at radius 3 is 2.30 bits per heavy atom. The number of halogens is 1. The Labute approximate surface area is 177 Å². The Morgan fingerprint density at radius 1 is 1.07 bits per heavy atom. The van der Waals surface area contributed by atoms with Crippen molar-refractivity contribution in [3.8, 4) is 5.75 Å². The first kappa shape index (κ1) is 23.2. The van der Waals surface area contributed by atoms with Gasteiger partial charge in [-0.15, -0.1) is 24.0 Å². The van der Waals surface area contributed by atoms with E-state index < -0.39 is 10.0 Å². The van der Waals surface area contributed by atoms with Gasteiger partial charge in [-0.05, 0) is 30.7 Å². The smallest absolute Gasteiger partial charge is 0.238 e. The van der Waals surface area contributed by atoms with Crippen molar-refractivity contribution in [3.05, 3.63) is 59.7 Å². The topological polar surface area (TPSA) is 106 Å². The van der Waals surface area contributed by atoms with Crippen LogP contribution in [-0.4, -0.2) is 28.0 Å². The van der Waals surface area contributed by atoms with Crippen LogP contribution in [0.4, 0.5) is 0 Å². The quantitative estimate of drug-likeness (QED) is 0.305. The van der Waals surface area contributed by atoms with Crippen molar-refractivity contribution in [2.45, 2.75) is 24.9 Å². The van der Waals surface area contributed by atoms with Gasteiger partial charge in [-0.1, -0.05) is 30.3 Å². The summed E-state index contributed by atoms with van der Waals surface area (Å²) < 4.78 is 28.2. The lowest BCUT2D eigenvalue weighted by molar-refractivity contribution is 0.336. The number of hydrogen-bond acceptors (Lipinski definition) is 4. The van der Waals surface area contributed by atoms with E-state index in [-0.39, 0.29) is 28.9 Å². The lowest BCUT2D eigenvalue weighted by Gasteiger charge is -2.14. The maximum Gasteiger partial charge on any atom is 0.238 e. The minimum Gasteiger partial charge on any atom is -0.494 e. The molecule has 2 aromatic rings. The SMILES string of the molecule is CCOc1ccccc1CNC(=NC)NCc1ccc(S(N)(=O)=O)cc1.I. The van der Waals surface area contributed by atoms with E-state index in [4.69, 9.17) is 9.88 Å². The Balaban J connectivity index is 0.00000364. The molecule has 0 aliphatic carbocycles. The zero-order valence-electron chi connectivity index (χ0n) is 15.3. The van der Waals surface area contributed by atoms with Crippen LogP contribution in [0, 0.1) is 0 Å². The Kier molecular flexibility index (Phi) is 9.53. The van der Waals surface area contributed by atoms with Gasteiger partial charge in [0.05, 0.1) is 11.5 Å². The van der Waals surface area contributed by atoms with Crippen LogP contribution in [0.2, 0.25) is 0 Å². The summed E-state index contributed by atoms with van der Waals surface area (Å²) in [5.74, 6) is 1.48. The van der Waals surface area contributed by atoms with E-state index in [0.717, 1.165) is 16.9 Å². The third-order valence-corrected chi connectivity index (χ3v) is 4.58. The van der Waals surface area contributed by atoms with Crippen molar-refractivity contribution >= 4 is 40.0 Å². The molecule has 4 N–H and O–H groups in total. The maximum atomic E-state index is 11.3. The molecule has 0 atom stereocenters. The number of primary sulfonamides is 1. The van der Waals surface area contributed by atoms with Gasteiger partial charge in [-0.3, -0.25) is 4.99 Å². The highest BCUT2D eigenvalue weighted by molar-refractivity contribution is 14.0. The number of para-hydroxylation sites is 1. The average Bonchev–Trinajstić information content (AvgIpc) is 2.63. The van der Waals surface area contributed by atoms with E-state index >= 15 is 0 Å². The predicted molar refractivity (Wildman–Crippen MR) is 118 cm³/mol. The molecule has 0 saturated heterocycles. The van der Waals surface area contributed by atoms with Crippen LogP contribution in [0.15, 0.2) is 58.4 Å². The van der Waals surface area contributed by atoms with Gasteiger partial charge in [0.1, 0.15) is 5.75 Å². The molecular weight excluding hydrogens is 479 g/mol. The van der Waals surface area contributed by atoms with Crippen LogP contribution in [0.25, 0.3) is 0 Å². The summed E-state index contributed by atoms with van der Waals surface area (Å²) in [5, 5.41) is 11.5. The largest absolute Gasteiger partial charge is 0.494 e. The van der Waals surface area contributed by atoms with Crippen LogP contribution in [0.3, 0.4) is 0 Å². The first-order chi connectivity index (χ1) is 12.4.